The van der Waals surface area contributed by atoms with E-state index in [4.69, 9.17) is 0 Å². The summed E-state index contributed by atoms with van der Waals surface area (Å²) in [6.07, 6.45) is 4.13. The normalized spacial score (nSPS) is 23.2. The van der Waals surface area contributed by atoms with E-state index in [0.29, 0.717) is 0 Å². The van der Waals surface area contributed by atoms with Gasteiger partial charge in [-0.2, -0.15) is 0 Å². The smallest absolute Gasteiger partial charge is 0.322 e. The van der Waals surface area contributed by atoms with Gasteiger partial charge in [0, 0.05) is 19.6 Å². The zero-order valence-electron chi connectivity index (χ0n) is 14.4. The SMILES string of the molecule is CCN(C)c1ccccc1NC(=O)N1CC(=O)NC2CCCCC21. The zero-order valence-corrected chi connectivity index (χ0v) is 14.4. The summed E-state index contributed by atoms with van der Waals surface area (Å²) >= 11 is 0. The lowest BCUT2D eigenvalue weighted by molar-refractivity contribution is -0.126. The number of rotatable bonds is 3. The summed E-state index contributed by atoms with van der Waals surface area (Å²) in [4.78, 5) is 28.6. The average molecular weight is 330 g/mol. The van der Waals surface area contributed by atoms with Gasteiger partial charge in [-0.15, -0.1) is 0 Å². The second-order valence-electron chi connectivity index (χ2n) is 6.62. The fourth-order valence-electron chi connectivity index (χ4n) is 3.67. The van der Waals surface area contributed by atoms with Crippen LogP contribution in [0, 0.1) is 0 Å². The molecule has 1 aliphatic carbocycles. The van der Waals surface area contributed by atoms with E-state index in [1.165, 1.54) is 0 Å². The fraction of sp³-hybridized carbons (Fsp3) is 0.556. The summed E-state index contributed by atoms with van der Waals surface area (Å²) in [5.41, 5.74) is 1.76. The number of fused-ring (bicyclic) bond motifs is 1. The predicted molar refractivity (Wildman–Crippen MR) is 95.3 cm³/mol. The second-order valence-corrected chi connectivity index (χ2v) is 6.62. The Morgan fingerprint density at radius 1 is 1.33 bits per heavy atom. The molecule has 130 valence electrons. The Kier molecular flexibility index (Phi) is 4.92. The third kappa shape index (κ3) is 3.32. The van der Waals surface area contributed by atoms with Crippen molar-refractivity contribution >= 4 is 23.3 Å². The fourth-order valence-corrected chi connectivity index (χ4v) is 3.67. The molecule has 2 N–H and O–H groups in total. The highest BCUT2D eigenvalue weighted by atomic mass is 16.2. The highest BCUT2D eigenvalue weighted by Gasteiger charge is 2.38. The van der Waals surface area contributed by atoms with Crippen LogP contribution in [-0.4, -0.2) is 49.1 Å². The molecule has 3 amide bonds. The molecule has 1 saturated carbocycles. The Morgan fingerprint density at radius 3 is 2.88 bits per heavy atom. The lowest BCUT2D eigenvalue weighted by Gasteiger charge is -2.43. The van der Waals surface area contributed by atoms with E-state index < -0.39 is 0 Å². The topological polar surface area (TPSA) is 64.7 Å². The molecule has 0 spiro atoms. The number of piperazine rings is 1. The number of urea groups is 1. The lowest BCUT2D eigenvalue weighted by atomic mass is 9.87. The molecule has 1 heterocycles. The van der Waals surface area contributed by atoms with Crippen molar-refractivity contribution in [3.05, 3.63) is 24.3 Å². The van der Waals surface area contributed by atoms with Crippen LogP contribution in [0.3, 0.4) is 0 Å². The molecule has 0 aromatic heterocycles. The molecular formula is C18H26N4O2. The van der Waals surface area contributed by atoms with Crippen molar-refractivity contribution in [3.63, 3.8) is 0 Å². The van der Waals surface area contributed by atoms with Crippen molar-refractivity contribution in [2.75, 3.05) is 30.4 Å². The van der Waals surface area contributed by atoms with Gasteiger partial charge in [-0.25, -0.2) is 4.79 Å². The van der Waals surface area contributed by atoms with Crippen LogP contribution in [0.5, 0.6) is 0 Å². The van der Waals surface area contributed by atoms with Crippen molar-refractivity contribution in [2.24, 2.45) is 0 Å². The van der Waals surface area contributed by atoms with Gasteiger partial charge in [0.2, 0.25) is 5.91 Å². The number of hydrogen-bond donors (Lipinski definition) is 2. The second kappa shape index (κ2) is 7.11. The van der Waals surface area contributed by atoms with Crippen LogP contribution in [0.4, 0.5) is 16.2 Å². The van der Waals surface area contributed by atoms with Gasteiger partial charge in [-0.3, -0.25) is 4.79 Å². The first-order valence-corrected chi connectivity index (χ1v) is 8.77. The molecule has 2 aliphatic rings. The molecule has 2 fully saturated rings. The Bertz CT molecular complexity index is 619. The molecule has 1 aliphatic heterocycles. The minimum atomic E-state index is -0.182. The summed E-state index contributed by atoms with van der Waals surface area (Å²) < 4.78 is 0. The minimum absolute atomic E-state index is 0.0627. The van der Waals surface area contributed by atoms with E-state index in [0.717, 1.165) is 43.6 Å². The first kappa shape index (κ1) is 16.6. The Hall–Kier alpha value is -2.24. The number of nitrogens with zero attached hydrogens (tertiary/aromatic N) is 2. The van der Waals surface area contributed by atoms with Crippen LogP contribution < -0.4 is 15.5 Å². The summed E-state index contributed by atoms with van der Waals surface area (Å²) in [7, 11) is 2.00. The van der Waals surface area contributed by atoms with Gasteiger partial charge in [-0.1, -0.05) is 25.0 Å². The van der Waals surface area contributed by atoms with Crippen LogP contribution >= 0.6 is 0 Å². The molecule has 0 bridgehead atoms. The van der Waals surface area contributed by atoms with E-state index in [9.17, 15) is 9.59 Å². The van der Waals surface area contributed by atoms with Gasteiger partial charge in [0.15, 0.2) is 0 Å². The first-order chi connectivity index (χ1) is 11.6. The van der Waals surface area contributed by atoms with Crippen LogP contribution in [0.15, 0.2) is 24.3 Å². The average Bonchev–Trinajstić information content (AvgIpc) is 2.60. The molecule has 6 nitrogen and oxygen atoms in total. The van der Waals surface area contributed by atoms with E-state index >= 15 is 0 Å². The van der Waals surface area contributed by atoms with Crippen LogP contribution in [0.2, 0.25) is 0 Å². The number of carbonyl (C=O) groups excluding carboxylic acids is 2. The number of hydrogen-bond acceptors (Lipinski definition) is 3. The summed E-state index contributed by atoms with van der Waals surface area (Å²) in [5, 5.41) is 6.05. The van der Waals surface area contributed by atoms with Gasteiger partial charge < -0.3 is 20.4 Å². The maximum absolute atomic E-state index is 12.8. The highest BCUT2D eigenvalue weighted by molar-refractivity contribution is 5.96. The van der Waals surface area contributed by atoms with Gasteiger partial charge in [0.1, 0.15) is 6.54 Å². The summed E-state index contributed by atoms with van der Waals surface area (Å²) in [6.45, 7) is 3.06. The van der Waals surface area contributed by atoms with Gasteiger partial charge in [0.05, 0.1) is 17.4 Å². The molecule has 0 radical (unpaired) electrons. The molecule has 6 heteroatoms. The van der Waals surface area contributed by atoms with Crippen LogP contribution in [-0.2, 0) is 4.79 Å². The van der Waals surface area contributed by atoms with E-state index in [1.807, 2.05) is 31.3 Å². The van der Waals surface area contributed by atoms with E-state index in [2.05, 4.69) is 22.5 Å². The van der Waals surface area contributed by atoms with Crippen molar-refractivity contribution in [3.8, 4) is 0 Å². The number of nitrogens with one attached hydrogen (secondary N) is 2. The van der Waals surface area contributed by atoms with E-state index in [-0.39, 0.29) is 30.6 Å². The number of para-hydroxylation sites is 2. The molecule has 2 unspecified atom stereocenters. The number of anilines is 2. The number of amides is 3. The Morgan fingerprint density at radius 2 is 2.08 bits per heavy atom. The molecule has 2 atom stereocenters. The lowest BCUT2D eigenvalue weighted by Crippen LogP contribution is -2.63. The Labute approximate surface area is 143 Å². The zero-order chi connectivity index (χ0) is 17.1. The molecule has 1 aromatic carbocycles. The monoisotopic (exact) mass is 330 g/mol. The largest absolute Gasteiger partial charge is 0.373 e. The van der Waals surface area contributed by atoms with Crippen molar-refractivity contribution in [1.82, 2.24) is 10.2 Å². The molecule has 1 aromatic rings. The van der Waals surface area contributed by atoms with Crippen molar-refractivity contribution in [2.45, 2.75) is 44.7 Å². The third-order valence-electron chi connectivity index (χ3n) is 5.08. The van der Waals surface area contributed by atoms with Crippen LogP contribution in [0.1, 0.15) is 32.6 Å². The third-order valence-corrected chi connectivity index (χ3v) is 5.08. The molecule has 24 heavy (non-hydrogen) atoms. The van der Waals surface area contributed by atoms with Gasteiger partial charge in [0.25, 0.3) is 0 Å². The maximum Gasteiger partial charge on any atom is 0.322 e. The van der Waals surface area contributed by atoms with E-state index in [1.54, 1.807) is 4.90 Å². The van der Waals surface area contributed by atoms with Gasteiger partial charge in [-0.05, 0) is 31.9 Å². The number of benzene rings is 1. The van der Waals surface area contributed by atoms with Crippen molar-refractivity contribution in [1.29, 1.82) is 0 Å². The summed E-state index contributed by atoms with van der Waals surface area (Å²) in [5.74, 6) is -0.0627. The predicted octanol–water partition coefficient (Wildman–Crippen LogP) is 2.42. The Balaban J connectivity index is 1.78. The van der Waals surface area contributed by atoms with Crippen molar-refractivity contribution < 1.29 is 9.59 Å². The number of carbonyl (C=O) groups is 2. The molecule has 1 saturated heterocycles. The quantitative estimate of drug-likeness (QED) is 0.894. The maximum atomic E-state index is 12.8. The minimum Gasteiger partial charge on any atom is -0.373 e. The molecule has 3 rings (SSSR count). The summed E-state index contributed by atoms with van der Waals surface area (Å²) in [6, 6.07) is 7.79. The van der Waals surface area contributed by atoms with Crippen LogP contribution in [0.25, 0.3) is 0 Å². The molecular weight excluding hydrogens is 304 g/mol. The van der Waals surface area contributed by atoms with Gasteiger partial charge >= 0.3 is 6.03 Å². The standard InChI is InChI=1S/C18H26N4O2/c1-3-21(2)15-10-6-4-8-13(15)20-18(24)22-12-17(23)19-14-9-5-7-11-16(14)22/h4,6,8,10,14,16H,3,5,7,9,11-12H2,1-2H3,(H,19,23)(H,20,24). The highest BCUT2D eigenvalue weighted by Crippen LogP contribution is 2.28. The first-order valence-electron chi connectivity index (χ1n) is 8.77.